The summed E-state index contributed by atoms with van der Waals surface area (Å²) in [6, 6.07) is 24.2. The summed E-state index contributed by atoms with van der Waals surface area (Å²) in [6.07, 6.45) is 0. The van der Waals surface area contributed by atoms with Crippen molar-refractivity contribution in [1.82, 2.24) is 4.98 Å². The van der Waals surface area contributed by atoms with Crippen LogP contribution < -0.4 is 9.47 Å². The number of azo groups is 1. The van der Waals surface area contributed by atoms with Crippen LogP contribution in [-0.2, 0) is 5.75 Å². The van der Waals surface area contributed by atoms with E-state index < -0.39 is 0 Å². The molecule has 0 saturated carbocycles. The third kappa shape index (κ3) is 4.49. The van der Waals surface area contributed by atoms with E-state index in [-0.39, 0.29) is 0 Å². The number of hydrogen-bond acceptors (Lipinski definition) is 5. The highest BCUT2D eigenvalue weighted by atomic mass is 32.2. The summed E-state index contributed by atoms with van der Waals surface area (Å²) in [5.74, 6) is 3.16. The second-order valence-electron chi connectivity index (χ2n) is 6.69. The number of fused-ring (bicyclic) bond motifs is 1. The van der Waals surface area contributed by atoms with Crippen LogP contribution >= 0.6 is 11.8 Å². The van der Waals surface area contributed by atoms with Gasteiger partial charge in [-0.1, -0.05) is 30.3 Å². The molecule has 4 rings (SSSR count). The average Bonchev–Trinajstić information content (AvgIpc) is 3.18. The number of para-hydroxylation sites is 1. The molecule has 0 aliphatic heterocycles. The second kappa shape index (κ2) is 9.50. The van der Waals surface area contributed by atoms with Gasteiger partial charge in [0.15, 0.2) is 0 Å². The van der Waals surface area contributed by atoms with Crippen molar-refractivity contribution in [3.05, 3.63) is 78.4 Å². The van der Waals surface area contributed by atoms with Crippen LogP contribution in [0.15, 0.2) is 83.0 Å². The van der Waals surface area contributed by atoms with Crippen molar-refractivity contribution in [2.45, 2.75) is 5.75 Å². The molecule has 30 heavy (non-hydrogen) atoms. The second-order valence-corrected chi connectivity index (χ2v) is 7.64. The third-order valence-corrected chi connectivity index (χ3v) is 5.64. The molecule has 0 aliphatic carbocycles. The van der Waals surface area contributed by atoms with Crippen LogP contribution in [0.25, 0.3) is 22.2 Å². The summed E-state index contributed by atoms with van der Waals surface area (Å²) in [7, 11) is 3.34. The maximum atomic E-state index is 5.27. The Hall–Kier alpha value is -3.25. The monoisotopic (exact) mass is 417 g/mol. The highest BCUT2D eigenvalue weighted by Gasteiger charge is 2.13. The molecule has 0 aliphatic rings. The van der Waals surface area contributed by atoms with Gasteiger partial charge in [0.05, 0.1) is 19.9 Å². The lowest BCUT2D eigenvalue weighted by Gasteiger charge is -2.03. The van der Waals surface area contributed by atoms with E-state index in [4.69, 9.17) is 9.47 Å². The minimum atomic E-state index is 0.591. The molecule has 152 valence electrons. The molecule has 0 bridgehead atoms. The largest absolute Gasteiger partial charge is 0.497 e. The van der Waals surface area contributed by atoms with E-state index in [9.17, 15) is 0 Å². The first-order chi connectivity index (χ1) is 14.8. The molecule has 5 nitrogen and oxygen atoms in total. The van der Waals surface area contributed by atoms with Crippen LogP contribution in [0.5, 0.6) is 11.5 Å². The van der Waals surface area contributed by atoms with Crippen molar-refractivity contribution < 1.29 is 9.47 Å². The average molecular weight is 418 g/mol. The van der Waals surface area contributed by atoms with E-state index in [1.165, 1.54) is 5.56 Å². The van der Waals surface area contributed by atoms with E-state index in [0.717, 1.165) is 45.1 Å². The van der Waals surface area contributed by atoms with Crippen molar-refractivity contribution in [3.63, 3.8) is 0 Å². The summed E-state index contributed by atoms with van der Waals surface area (Å²) in [5.41, 5.74) is 5.15. The van der Waals surface area contributed by atoms with Gasteiger partial charge in [-0.05, 0) is 48.0 Å². The Kier molecular flexibility index (Phi) is 6.35. The molecule has 1 heterocycles. The first kappa shape index (κ1) is 20.0. The smallest absolute Gasteiger partial charge is 0.119 e. The lowest BCUT2D eigenvalue weighted by Crippen LogP contribution is -1.84. The van der Waals surface area contributed by atoms with Crippen LogP contribution in [0.1, 0.15) is 5.56 Å². The Labute approximate surface area is 180 Å². The summed E-state index contributed by atoms with van der Waals surface area (Å²) in [6.45, 7) is 0. The van der Waals surface area contributed by atoms with Crippen molar-refractivity contribution >= 4 is 28.4 Å². The number of benzene rings is 3. The van der Waals surface area contributed by atoms with Crippen LogP contribution in [0.2, 0.25) is 0 Å². The van der Waals surface area contributed by atoms with E-state index in [2.05, 4.69) is 39.5 Å². The standard InChI is InChI=1S/C24H23N3O2S/c1-28-19-11-7-17(8-12-19)15-30-16-25-27-24-21-5-3-4-6-22(21)26-23(24)18-9-13-20(29-2)14-10-18/h3-14,26H,15-16H2,1-2H3. The van der Waals surface area contributed by atoms with Gasteiger partial charge in [0.1, 0.15) is 23.1 Å². The molecular weight excluding hydrogens is 394 g/mol. The lowest BCUT2D eigenvalue weighted by atomic mass is 10.1. The van der Waals surface area contributed by atoms with Gasteiger partial charge < -0.3 is 14.5 Å². The summed E-state index contributed by atoms with van der Waals surface area (Å²) in [5, 5.41) is 10.1. The zero-order valence-electron chi connectivity index (χ0n) is 17.0. The van der Waals surface area contributed by atoms with Gasteiger partial charge in [-0.2, -0.15) is 10.2 Å². The van der Waals surface area contributed by atoms with Crippen LogP contribution in [0.4, 0.5) is 5.69 Å². The Morgan fingerprint density at radius 1 is 0.833 bits per heavy atom. The molecule has 0 spiro atoms. The molecule has 0 radical (unpaired) electrons. The zero-order chi connectivity index (χ0) is 20.8. The first-order valence-corrected chi connectivity index (χ1v) is 10.8. The van der Waals surface area contributed by atoms with Crippen molar-refractivity contribution in [2.24, 2.45) is 10.2 Å². The molecule has 0 saturated heterocycles. The van der Waals surface area contributed by atoms with Gasteiger partial charge in [-0.3, -0.25) is 0 Å². The Bertz CT molecular complexity index is 1140. The molecular formula is C24H23N3O2S. The summed E-state index contributed by atoms with van der Waals surface area (Å²) in [4.78, 5) is 3.48. The van der Waals surface area contributed by atoms with Gasteiger partial charge in [-0.15, -0.1) is 11.8 Å². The number of hydrogen-bond donors (Lipinski definition) is 1. The number of thioether (sulfide) groups is 1. The van der Waals surface area contributed by atoms with E-state index in [1.54, 1.807) is 26.0 Å². The minimum Gasteiger partial charge on any atom is -0.497 e. The SMILES string of the molecule is COc1ccc(CSCN=Nc2c(-c3ccc(OC)cc3)[nH]c3ccccc23)cc1. The van der Waals surface area contributed by atoms with E-state index >= 15 is 0 Å². The quantitative estimate of drug-likeness (QED) is 0.253. The molecule has 0 unspecified atom stereocenters. The number of methoxy groups -OCH3 is 2. The number of aromatic amines is 1. The third-order valence-electron chi connectivity index (χ3n) is 4.80. The number of nitrogens with zero attached hydrogens (tertiary/aromatic N) is 2. The van der Waals surface area contributed by atoms with Crippen LogP contribution in [0, 0.1) is 0 Å². The highest BCUT2D eigenvalue weighted by Crippen LogP contribution is 2.38. The predicted molar refractivity (Wildman–Crippen MR) is 124 cm³/mol. The van der Waals surface area contributed by atoms with Crippen molar-refractivity contribution in [2.75, 3.05) is 20.1 Å². The summed E-state index contributed by atoms with van der Waals surface area (Å²) >= 11 is 1.73. The maximum absolute atomic E-state index is 5.27. The van der Waals surface area contributed by atoms with Gasteiger partial charge in [0.2, 0.25) is 0 Å². The Balaban J connectivity index is 1.50. The molecule has 1 aromatic heterocycles. The summed E-state index contributed by atoms with van der Waals surface area (Å²) < 4.78 is 10.5. The number of H-pyrrole nitrogens is 1. The predicted octanol–water partition coefficient (Wildman–Crippen LogP) is 6.83. The number of ether oxygens (including phenoxy) is 2. The molecule has 0 atom stereocenters. The fourth-order valence-corrected chi connectivity index (χ4v) is 3.88. The molecule has 6 heteroatoms. The van der Waals surface area contributed by atoms with Crippen molar-refractivity contribution in [1.29, 1.82) is 0 Å². The fraction of sp³-hybridized carbons (Fsp3) is 0.167. The Morgan fingerprint density at radius 3 is 2.20 bits per heavy atom. The van der Waals surface area contributed by atoms with Gasteiger partial charge >= 0.3 is 0 Å². The molecule has 0 amide bonds. The zero-order valence-corrected chi connectivity index (χ0v) is 17.8. The highest BCUT2D eigenvalue weighted by molar-refractivity contribution is 7.98. The minimum absolute atomic E-state index is 0.591. The molecule has 0 fully saturated rings. The van der Waals surface area contributed by atoms with E-state index in [0.29, 0.717) is 5.88 Å². The molecule has 4 aromatic rings. The fourth-order valence-electron chi connectivity index (χ4n) is 3.22. The van der Waals surface area contributed by atoms with Crippen molar-refractivity contribution in [3.8, 4) is 22.8 Å². The van der Waals surface area contributed by atoms with Gasteiger partial charge in [-0.25, -0.2) is 0 Å². The van der Waals surface area contributed by atoms with Gasteiger partial charge in [0, 0.05) is 22.2 Å². The van der Waals surface area contributed by atoms with Crippen LogP contribution in [-0.4, -0.2) is 25.1 Å². The Morgan fingerprint density at radius 2 is 1.50 bits per heavy atom. The number of nitrogens with one attached hydrogen (secondary N) is 1. The topological polar surface area (TPSA) is 59.0 Å². The normalized spacial score (nSPS) is 11.3. The number of rotatable bonds is 8. The maximum Gasteiger partial charge on any atom is 0.119 e. The van der Waals surface area contributed by atoms with Crippen LogP contribution in [0.3, 0.4) is 0 Å². The molecule has 3 aromatic carbocycles. The molecule has 1 N–H and O–H groups in total. The van der Waals surface area contributed by atoms with Gasteiger partial charge in [0.25, 0.3) is 0 Å². The number of aromatic nitrogens is 1. The lowest BCUT2D eigenvalue weighted by molar-refractivity contribution is 0.414. The first-order valence-electron chi connectivity index (χ1n) is 9.62. The van der Waals surface area contributed by atoms with E-state index in [1.807, 2.05) is 48.5 Å².